The zero-order valence-electron chi connectivity index (χ0n) is 7.10. The Labute approximate surface area is 78.4 Å². The van der Waals surface area contributed by atoms with Crippen molar-refractivity contribution >= 4 is 11.0 Å². The maximum absolute atomic E-state index is 4.34. The Kier molecular flexibility index (Phi) is 1.35. The average molecular weight is 186 g/mol. The molecule has 3 rings (SSSR count). The van der Waals surface area contributed by atoms with Gasteiger partial charge in [0.05, 0.1) is 23.4 Å². The van der Waals surface area contributed by atoms with E-state index in [1.807, 2.05) is 6.07 Å². The Morgan fingerprint density at radius 1 is 1.21 bits per heavy atom. The van der Waals surface area contributed by atoms with Gasteiger partial charge in [-0.2, -0.15) is 15.4 Å². The second-order valence-electron chi connectivity index (χ2n) is 2.83. The van der Waals surface area contributed by atoms with Gasteiger partial charge in [0.15, 0.2) is 5.82 Å². The van der Waals surface area contributed by atoms with Crippen LogP contribution in [0.15, 0.2) is 24.7 Å². The van der Waals surface area contributed by atoms with Crippen LogP contribution in [0.4, 0.5) is 0 Å². The minimum absolute atomic E-state index is 0.696. The van der Waals surface area contributed by atoms with Gasteiger partial charge in [-0.3, -0.25) is 4.98 Å². The molecule has 6 heteroatoms. The maximum Gasteiger partial charge on any atom is 0.160 e. The normalized spacial score (nSPS) is 10.9. The van der Waals surface area contributed by atoms with E-state index < -0.39 is 0 Å². The minimum atomic E-state index is 0.696. The van der Waals surface area contributed by atoms with Crippen molar-refractivity contribution in [2.24, 2.45) is 0 Å². The van der Waals surface area contributed by atoms with E-state index in [4.69, 9.17) is 0 Å². The van der Waals surface area contributed by atoms with Crippen molar-refractivity contribution in [3.8, 4) is 11.5 Å². The molecule has 0 radical (unpaired) electrons. The first-order valence-corrected chi connectivity index (χ1v) is 4.09. The zero-order chi connectivity index (χ0) is 9.38. The van der Waals surface area contributed by atoms with Crippen molar-refractivity contribution in [3.63, 3.8) is 0 Å². The fourth-order valence-electron chi connectivity index (χ4n) is 1.29. The van der Waals surface area contributed by atoms with Crippen LogP contribution in [-0.2, 0) is 0 Å². The number of hydrogen-bond donors (Lipinski definition) is 2. The van der Waals surface area contributed by atoms with Crippen molar-refractivity contribution in [2.45, 2.75) is 0 Å². The lowest BCUT2D eigenvalue weighted by Gasteiger charge is -1.83. The SMILES string of the molecule is c1cc2nc(-c3cn[nH]n3)[nH]c2cn1. The largest absolute Gasteiger partial charge is 0.335 e. The average Bonchev–Trinajstić information content (AvgIpc) is 2.86. The molecule has 0 unspecified atom stereocenters. The Morgan fingerprint density at radius 2 is 2.21 bits per heavy atom. The van der Waals surface area contributed by atoms with E-state index >= 15 is 0 Å². The lowest BCUT2D eigenvalue weighted by molar-refractivity contribution is 0.940. The van der Waals surface area contributed by atoms with E-state index in [0.29, 0.717) is 11.5 Å². The highest BCUT2D eigenvalue weighted by molar-refractivity contribution is 5.77. The van der Waals surface area contributed by atoms with Crippen LogP contribution in [0, 0.1) is 0 Å². The monoisotopic (exact) mass is 186 g/mol. The van der Waals surface area contributed by atoms with E-state index in [1.165, 1.54) is 0 Å². The molecule has 0 amide bonds. The molecule has 6 nitrogen and oxygen atoms in total. The summed E-state index contributed by atoms with van der Waals surface area (Å²) in [5.74, 6) is 0.696. The van der Waals surface area contributed by atoms with Gasteiger partial charge in [-0.25, -0.2) is 4.98 Å². The second kappa shape index (κ2) is 2.63. The minimum Gasteiger partial charge on any atom is -0.335 e. The van der Waals surface area contributed by atoms with E-state index in [9.17, 15) is 0 Å². The summed E-state index contributed by atoms with van der Waals surface area (Å²) < 4.78 is 0. The third-order valence-corrected chi connectivity index (χ3v) is 1.94. The molecule has 0 saturated heterocycles. The molecule has 0 aromatic carbocycles. The van der Waals surface area contributed by atoms with Crippen LogP contribution in [0.1, 0.15) is 0 Å². The molecule has 3 heterocycles. The van der Waals surface area contributed by atoms with E-state index in [-0.39, 0.29) is 0 Å². The number of H-pyrrole nitrogens is 2. The third-order valence-electron chi connectivity index (χ3n) is 1.94. The molecule has 14 heavy (non-hydrogen) atoms. The van der Waals surface area contributed by atoms with Gasteiger partial charge < -0.3 is 4.98 Å². The Bertz CT molecular complexity index is 519. The lowest BCUT2D eigenvalue weighted by Crippen LogP contribution is -1.79. The molecular weight excluding hydrogens is 180 g/mol. The number of hydrogen-bond acceptors (Lipinski definition) is 4. The molecule has 2 N–H and O–H groups in total. The summed E-state index contributed by atoms with van der Waals surface area (Å²) in [5, 5.41) is 10.2. The van der Waals surface area contributed by atoms with E-state index in [0.717, 1.165) is 11.0 Å². The summed E-state index contributed by atoms with van der Waals surface area (Å²) in [7, 11) is 0. The first-order valence-electron chi connectivity index (χ1n) is 4.09. The Morgan fingerprint density at radius 3 is 3.00 bits per heavy atom. The quantitative estimate of drug-likeness (QED) is 0.587. The van der Waals surface area contributed by atoms with Gasteiger partial charge in [-0.1, -0.05) is 0 Å². The number of aromatic amines is 2. The second-order valence-corrected chi connectivity index (χ2v) is 2.83. The summed E-state index contributed by atoms with van der Waals surface area (Å²) in [6, 6.07) is 1.84. The van der Waals surface area contributed by atoms with Gasteiger partial charge >= 0.3 is 0 Å². The predicted molar refractivity (Wildman–Crippen MR) is 49.3 cm³/mol. The smallest absolute Gasteiger partial charge is 0.160 e. The highest BCUT2D eigenvalue weighted by Gasteiger charge is 2.06. The summed E-state index contributed by atoms with van der Waals surface area (Å²) in [6.45, 7) is 0. The predicted octanol–water partition coefficient (Wildman–Crippen LogP) is 0.743. The van der Waals surface area contributed by atoms with Gasteiger partial charge in [0.2, 0.25) is 0 Å². The number of imidazole rings is 1. The van der Waals surface area contributed by atoms with Crippen molar-refractivity contribution in [1.29, 1.82) is 0 Å². The molecule has 0 aliphatic carbocycles. The molecular formula is C8H6N6. The maximum atomic E-state index is 4.34. The van der Waals surface area contributed by atoms with Crippen LogP contribution in [0.3, 0.4) is 0 Å². The number of fused-ring (bicyclic) bond motifs is 1. The van der Waals surface area contributed by atoms with E-state index in [2.05, 4.69) is 30.4 Å². The van der Waals surface area contributed by atoms with Gasteiger partial charge in [-0.05, 0) is 6.07 Å². The molecule has 0 spiro atoms. The third kappa shape index (κ3) is 0.972. The first kappa shape index (κ1) is 7.19. The molecule has 0 aliphatic rings. The Hall–Kier alpha value is -2.24. The van der Waals surface area contributed by atoms with Crippen molar-refractivity contribution in [3.05, 3.63) is 24.7 Å². The molecule has 0 bridgehead atoms. The molecule has 68 valence electrons. The molecule has 0 atom stereocenters. The van der Waals surface area contributed by atoms with Crippen LogP contribution < -0.4 is 0 Å². The number of nitrogens with zero attached hydrogens (tertiary/aromatic N) is 4. The lowest BCUT2D eigenvalue weighted by atomic mass is 10.4. The van der Waals surface area contributed by atoms with Crippen LogP contribution in [-0.4, -0.2) is 30.4 Å². The molecule has 0 aliphatic heterocycles. The highest BCUT2D eigenvalue weighted by Crippen LogP contribution is 2.15. The van der Waals surface area contributed by atoms with Crippen LogP contribution in [0.25, 0.3) is 22.6 Å². The molecule has 3 aromatic heterocycles. The van der Waals surface area contributed by atoms with Gasteiger partial charge in [-0.15, -0.1) is 0 Å². The fourth-order valence-corrected chi connectivity index (χ4v) is 1.29. The number of rotatable bonds is 1. The van der Waals surface area contributed by atoms with Crippen molar-refractivity contribution < 1.29 is 0 Å². The summed E-state index contributed by atoms with van der Waals surface area (Å²) >= 11 is 0. The first-order chi connectivity index (χ1) is 6.93. The zero-order valence-corrected chi connectivity index (χ0v) is 7.10. The van der Waals surface area contributed by atoms with Gasteiger partial charge in [0.1, 0.15) is 5.69 Å². The summed E-state index contributed by atoms with van der Waals surface area (Å²) in [5.41, 5.74) is 2.46. The van der Waals surface area contributed by atoms with E-state index in [1.54, 1.807) is 18.6 Å². The Balaban J connectivity index is 2.24. The van der Waals surface area contributed by atoms with Crippen molar-refractivity contribution in [1.82, 2.24) is 30.4 Å². The fraction of sp³-hybridized carbons (Fsp3) is 0. The number of aromatic nitrogens is 6. The topological polar surface area (TPSA) is 83.1 Å². The van der Waals surface area contributed by atoms with Crippen LogP contribution in [0.2, 0.25) is 0 Å². The highest BCUT2D eigenvalue weighted by atomic mass is 15.3. The summed E-state index contributed by atoms with van der Waals surface area (Å²) in [6.07, 6.45) is 5.05. The van der Waals surface area contributed by atoms with Gasteiger partial charge in [0.25, 0.3) is 0 Å². The molecule has 0 fully saturated rings. The standard InChI is InChI=1S/C8H6N6/c1-2-9-3-6-5(1)11-8(12-6)7-4-10-14-13-7/h1-4H,(H,11,12)(H,10,13,14). The van der Waals surface area contributed by atoms with Crippen LogP contribution >= 0.6 is 0 Å². The van der Waals surface area contributed by atoms with Crippen LogP contribution in [0.5, 0.6) is 0 Å². The van der Waals surface area contributed by atoms with Gasteiger partial charge in [0, 0.05) is 6.20 Å². The summed E-state index contributed by atoms with van der Waals surface area (Å²) in [4.78, 5) is 11.4. The number of nitrogens with one attached hydrogen (secondary N) is 2. The molecule has 0 saturated carbocycles. The number of pyridine rings is 1. The van der Waals surface area contributed by atoms with Crippen molar-refractivity contribution in [2.75, 3.05) is 0 Å². The molecule has 3 aromatic rings.